The average Bonchev–Trinajstić information content (AvgIpc) is 2.97. The molecule has 5 heteroatoms. The number of methoxy groups -OCH3 is 1. The van der Waals surface area contributed by atoms with Gasteiger partial charge in [-0.1, -0.05) is 17.7 Å². The van der Waals surface area contributed by atoms with Crippen molar-refractivity contribution in [1.29, 1.82) is 0 Å². The highest BCUT2D eigenvalue weighted by atomic mass is 35.5. The van der Waals surface area contributed by atoms with Crippen LogP contribution in [0.15, 0.2) is 41.2 Å². The van der Waals surface area contributed by atoms with Crippen molar-refractivity contribution in [3.63, 3.8) is 0 Å². The van der Waals surface area contributed by atoms with E-state index in [0.717, 1.165) is 41.5 Å². The van der Waals surface area contributed by atoms with Crippen molar-refractivity contribution < 1.29 is 9.15 Å². The fraction of sp³-hybridized carbons (Fsp3) is 0.375. The van der Waals surface area contributed by atoms with Crippen molar-refractivity contribution in [3.8, 4) is 0 Å². The summed E-state index contributed by atoms with van der Waals surface area (Å²) in [4.78, 5) is 2.14. The number of halogens is 1. The molecule has 0 atom stereocenters. The number of rotatable bonds is 8. The first-order valence-corrected chi connectivity index (χ1v) is 7.29. The number of nitrogens with zero attached hydrogens (tertiary/aromatic N) is 1. The number of benzene rings is 1. The van der Waals surface area contributed by atoms with Crippen molar-refractivity contribution in [2.45, 2.75) is 13.1 Å². The van der Waals surface area contributed by atoms with Crippen molar-refractivity contribution in [3.05, 3.63) is 52.9 Å². The molecule has 2 aromatic rings. The highest BCUT2D eigenvalue weighted by Gasteiger charge is 2.07. The van der Waals surface area contributed by atoms with E-state index in [2.05, 4.69) is 22.3 Å². The molecule has 0 bridgehead atoms. The van der Waals surface area contributed by atoms with E-state index in [1.165, 1.54) is 0 Å². The van der Waals surface area contributed by atoms with Gasteiger partial charge >= 0.3 is 0 Å². The summed E-state index contributed by atoms with van der Waals surface area (Å²) in [5, 5.41) is 4.07. The van der Waals surface area contributed by atoms with Gasteiger partial charge in [0.05, 0.1) is 19.1 Å². The first-order chi connectivity index (χ1) is 10.2. The van der Waals surface area contributed by atoms with Crippen LogP contribution < -0.4 is 10.2 Å². The maximum absolute atomic E-state index is 6.35. The average molecular weight is 309 g/mol. The van der Waals surface area contributed by atoms with Crippen molar-refractivity contribution in [2.75, 3.05) is 32.2 Å². The molecule has 114 valence electrons. The van der Waals surface area contributed by atoms with Crippen molar-refractivity contribution in [2.24, 2.45) is 0 Å². The summed E-state index contributed by atoms with van der Waals surface area (Å²) in [5.41, 5.74) is 3.31. The molecule has 0 aliphatic carbocycles. The van der Waals surface area contributed by atoms with Crippen LogP contribution in [0, 0.1) is 0 Å². The van der Waals surface area contributed by atoms with Crippen LogP contribution in [0.25, 0.3) is 0 Å². The molecule has 0 saturated heterocycles. The maximum Gasteiger partial charge on any atom is 0.0952 e. The molecular formula is C16H21ClN2O2. The second-order valence-electron chi connectivity index (χ2n) is 4.93. The molecule has 4 nitrogen and oxygen atoms in total. The number of anilines is 1. The molecule has 1 aromatic carbocycles. The minimum Gasteiger partial charge on any atom is -0.472 e. The van der Waals surface area contributed by atoms with E-state index in [1.807, 2.05) is 19.2 Å². The number of nitrogens with one attached hydrogen (secondary N) is 1. The molecule has 0 amide bonds. The third-order valence-corrected chi connectivity index (χ3v) is 3.63. The van der Waals surface area contributed by atoms with Crippen LogP contribution in [0.4, 0.5) is 5.69 Å². The minimum absolute atomic E-state index is 0.698. The Bertz CT molecular complexity index is 543. The summed E-state index contributed by atoms with van der Waals surface area (Å²) < 4.78 is 10.1. The normalized spacial score (nSPS) is 10.8. The van der Waals surface area contributed by atoms with Crippen LogP contribution in [0.3, 0.4) is 0 Å². The number of hydrogen-bond acceptors (Lipinski definition) is 4. The highest BCUT2D eigenvalue weighted by molar-refractivity contribution is 6.31. The standard InChI is InChI=1S/C16H21ClN2O2/c1-19(11-13-5-7-21-12-13)15-4-3-14(16(17)9-15)10-18-6-8-20-2/h3-5,7,9,12,18H,6,8,10-11H2,1-2H3. The van der Waals surface area contributed by atoms with Crippen molar-refractivity contribution >= 4 is 17.3 Å². The van der Waals surface area contributed by atoms with E-state index in [0.29, 0.717) is 6.61 Å². The zero-order valence-electron chi connectivity index (χ0n) is 12.4. The van der Waals surface area contributed by atoms with Gasteiger partial charge in [0, 0.05) is 50.1 Å². The predicted octanol–water partition coefficient (Wildman–Crippen LogP) is 3.31. The molecule has 0 aliphatic rings. The van der Waals surface area contributed by atoms with Gasteiger partial charge in [-0.05, 0) is 23.8 Å². The Balaban J connectivity index is 1.94. The lowest BCUT2D eigenvalue weighted by molar-refractivity contribution is 0.199. The van der Waals surface area contributed by atoms with E-state index >= 15 is 0 Å². The maximum atomic E-state index is 6.35. The van der Waals surface area contributed by atoms with Crippen LogP contribution in [-0.4, -0.2) is 27.3 Å². The van der Waals surface area contributed by atoms with Gasteiger partial charge in [0.15, 0.2) is 0 Å². The molecule has 1 heterocycles. The summed E-state index contributed by atoms with van der Waals surface area (Å²) >= 11 is 6.35. The largest absolute Gasteiger partial charge is 0.472 e. The Morgan fingerprint density at radius 2 is 2.19 bits per heavy atom. The smallest absolute Gasteiger partial charge is 0.0952 e. The molecule has 0 unspecified atom stereocenters. The lowest BCUT2D eigenvalue weighted by Crippen LogP contribution is -2.19. The molecule has 1 aromatic heterocycles. The molecule has 1 N–H and O–H groups in total. The summed E-state index contributed by atoms with van der Waals surface area (Å²) in [6, 6.07) is 8.10. The second kappa shape index (κ2) is 8.08. The lowest BCUT2D eigenvalue weighted by atomic mass is 10.2. The number of hydrogen-bond donors (Lipinski definition) is 1. The molecule has 0 aliphatic heterocycles. The van der Waals surface area contributed by atoms with E-state index in [1.54, 1.807) is 19.6 Å². The third kappa shape index (κ3) is 4.77. The lowest BCUT2D eigenvalue weighted by Gasteiger charge is -2.19. The van der Waals surface area contributed by atoms with Crippen LogP contribution >= 0.6 is 11.6 Å². The number of furan rings is 1. The van der Waals surface area contributed by atoms with Gasteiger partial charge in [-0.15, -0.1) is 0 Å². The zero-order valence-corrected chi connectivity index (χ0v) is 13.2. The molecule has 21 heavy (non-hydrogen) atoms. The molecule has 0 saturated carbocycles. The van der Waals surface area contributed by atoms with Crippen molar-refractivity contribution in [1.82, 2.24) is 5.32 Å². The van der Waals surface area contributed by atoms with Gasteiger partial charge in [-0.2, -0.15) is 0 Å². The molecule has 0 spiro atoms. The Morgan fingerprint density at radius 1 is 1.33 bits per heavy atom. The monoisotopic (exact) mass is 308 g/mol. The molecule has 2 rings (SSSR count). The molecular weight excluding hydrogens is 288 g/mol. The molecule has 0 fully saturated rings. The van der Waals surface area contributed by atoms with Gasteiger partial charge < -0.3 is 19.4 Å². The van der Waals surface area contributed by atoms with Gasteiger partial charge in [-0.25, -0.2) is 0 Å². The second-order valence-corrected chi connectivity index (χ2v) is 5.34. The van der Waals surface area contributed by atoms with E-state index in [4.69, 9.17) is 20.8 Å². The Kier molecular flexibility index (Phi) is 6.11. The molecule has 0 radical (unpaired) electrons. The fourth-order valence-corrected chi connectivity index (χ4v) is 2.30. The first kappa shape index (κ1) is 15.9. The zero-order chi connectivity index (χ0) is 15.1. The SMILES string of the molecule is COCCNCc1ccc(N(C)Cc2ccoc2)cc1Cl. The van der Waals surface area contributed by atoms with Crippen LogP contribution in [0.5, 0.6) is 0 Å². The topological polar surface area (TPSA) is 37.6 Å². The summed E-state index contributed by atoms with van der Waals surface area (Å²) in [5.74, 6) is 0. The van der Waals surface area contributed by atoms with E-state index in [-0.39, 0.29) is 0 Å². The summed E-state index contributed by atoms with van der Waals surface area (Å²) in [7, 11) is 3.73. The van der Waals surface area contributed by atoms with E-state index in [9.17, 15) is 0 Å². The van der Waals surface area contributed by atoms with Gasteiger partial charge in [0.1, 0.15) is 0 Å². The van der Waals surface area contributed by atoms with Gasteiger partial charge in [-0.3, -0.25) is 0 Å². The fourth-order valence-electron chi connectivity index (χ4n) is 2.06. The Morgan fingerprint density at radius 3 is 2.86 bits per heavy atom. The van der Waals surface area contributed by atoms with E-state index < -0.39 is 0 Å². The third-order valence-electron chi connectivity index (χ3n) is 3.28. The Labute approximate surface area is 130 Å². The van der Waals surface area contributed by atoms with Gasteiger partial charge in [0.2, 0.25) is 0 Å². The van der Waals surface area contributed by atoms with Crippen LogP contribution in [0.1, 0.15) is 11.1 Å². The Hall–Kier alpha value is -1.49. The minimum atomic E-state index is 0.698. The van der Waals surface area contributed by atoms with Crippen LogP contribution in [-0.2, 0) is 17.8 Å². The predicted molar refractivity (Wildman–Crippen MR) is 85.8 cm³/mol. The number of ether oxygens (including phenoxy) is 1. The first-order valence-electron chi connectivity index (χ1n) is 6.91. The quantitative estimate of drug-likeness (QED) is 0.759. The van der Waals surface area contributed by atoms with Gasteiger partial charge in [0.25, 0.3) is 0 Å². The highest BCUT2D eigenvalue weighted by Crippen LogP contribution is 2.24. The summed E-state index contributed by atoms with van der Waals surface area (Å²) in [6.07, 6.45) is 3.44. The van der Waals surface area contributed by atoms with Crippen LogP contribution in [0.2, 0.25) is 5.02 Å². The summed E-state index contributed by atoms with van der Waals surface area (Å²) in [6.45, 7) is 3.05.